The van der Waals surface area contributed by atoms with Crippen LogP contribution in [0.4, 0.5) is 0 Å². The van der Waals surface area contributed by atoms with Crippen LogP contribution in [-0.4, -0.2) is 13.1 Å². The minimum absolute atomic E-state index is 0.901. The van der Waals surface area contributed by atoms with Gasteiger partial charge in [0.1, 0.15) is 0 Å². The molecule has 0 saturated carbocycles. The first kappa shape index (κ1) is 19.4. The Hall–Kier alpha value is -2.38. The van der Waals surface area contributed by atoms with Gasteiger partial charge in [0.2, 0.25) is 0 Å². The molecule has 0 unspecified atom stereocenters. The topological polar surface area (TPSA) is 12.0 Å². The Morgan fingerprint density at radius 3 is 1.15 bits per heavy atom. The van der Waals surface area contributed by atoms with Crippen LogP contribution in [0.5, 0.6) is 0 Å². The summed E-state index contributed by atoms with van der Waals surface area (Å²) in [6.07, 6.45) is 0. The van der Waals surface area contributed by atoms with Crippen molar-refractivity contribution in [2.24, 2.45) is 0 Å². The van der Waals surface area contributed by atoms with E-state index in [1.807, 2.05) is 36.4 Å². The Balaban J connectivity index is 0.000000500. The van der Waals surface area contributed by atoms with Gasteiger partial charge in [0.25, 0.3) is 0 Å². The molecule has 0 aromatic heterocycles. The molecule has 1 heteroatoms. The van der Waals surface area contributed by atoms with Crippen LogP contribution in [0.25, 0.3) is 0 Å². The minimum Gasteiger partial charge on any atom is -0.317 e. The summed E-state index contributed by atoms with van der Waals surface area (Å²) in [7, 11) is 0. The second-order valence-electron chi connectivity index (χ2n) is 6.78. The first-order chi connectivity index (χ1) is 13.5. The van der Waals surface area contributed by atoms with E-state index >= 15 is 0 Å². The molecule has 0 bridgehead atoms. The van der Waals surface area contributed by atoms with Crippen LogP contribution < -0.4 is 5.32 Å². The third-order valence-corrected chi connectivity index (χ3v) is 4.74. The van der Waals surface area contributed by atoms with E-state index in [9.17, 15) is 1.37 Å². The Labute approximate surface area is 166 Å². The lowest BCUT2D eigenvalue weighted by molar-refractivity contribution is 0.762. The van der Waals surface area contributed by atoms with Crippen molar-refractivity contribution in [3.63, 3.8) is 0 Å². The Morgan fingerprint density at radius 2 is 0.926 bits per heavy atom. The molecule has 3 aromatic carbocycles. The van der Waals surface area contributed by atoms with Gasteiger partial charge in [-0.25, -0.2) is 0 Å². The average molecular weight is 361 g/mol. The maximum atomic E-state index is 9.57. The van der Waals surface area contributed by atoms with Gasteiger partial charge < -0.3 is 5.32 Å². The van der Waals surface area contributed by atoms with E-state index in [2.05, 4.69) is 76.3 Å². The zero-order chi connectivity index (χ0) is 20.6. The van der Waals surface area contributed by atoms with Gasteiger partial charge in [0.15, 0.2) is 0 Å². The second kappa shape index (κ2) is 10.7. The van der Waals surface area contributed by atoms with Crippen LogP contribution in [-0.2, 0) is 0 Å². The third-order valence-electron chi connectivity index (χ3n) is 4.74. The molecule has 0 aliphatic heterocycles. The molecular weight excluding hydrogens is 326 g/mol. The number of rotatable bonds is 5. The van der Waals surface area contributed by atoms with Crippen molar-refractivity contribution in [2.75, 3.05) is 13.1 Å². The van der Waals surface area contributed by atoms with Crippen molar-refractivity contribution >= 4 is 0 Å². The zero-order valence-corrected chi connectivity index (χ0v) is 17.3. The van der Waals surface area contributed by atoms with Gasteiger partial charge in [0, 0.05) is 7.26 Å². The molecule has 1 N–H and O–H groups in total. The Morgan fingerprint density at radius 1 is 0.630 bits per heavy atom. The Bertz CT molecular complexity index is 772. The summed E-state index contributed by atoms with van der Waals surface area (Å²) in [5.74, 6) is -0.901. The molecule has 0 fully saturated rings. The predicted octanol–water partition coefficient (Wildman–Crippen LogP) is 6.41. The molecule has 0 spiro atoms. The van der Waals surface area contributed by atoms with Gasteiger partial charge in [0.05, 0.1) is 0 Å². The summed E-state index contributed by atoms with van der Waals surface area (Å²) < 4.78 is 9.57. The zero-order valence-electron chi connectivity index (χ0n) is 18.3. The van der Waals surface area contributed by atoms with E-state index in [0.717, 1.165) is 46.5 Å². The third kappa shape index (κ3) is 5.55. The largest absolute Gasteiger partial charge is 0.317 e. The summed E-state index contributed by atoms with van der Waals surface area (Å²) in [5.41, 5.74) is 6.58. The quantitative estimate of drug-likeness (QED) is 0.519. The maximum Gasteiger partial charge on any atom is 0.0453 e. The van der Waals surface area contributed by atoms with Crippen LogP contribution in [0.3, 0.4) is 0 Å². The van der Waals surface area contributed by atoms with Crippen molar-refractivity contribution in [2.45, 2.75) is 40.5 Å². The summed E-state index contributed by atoms with van der Waals surface area (Å²) in [4.78, 5) is 0. The van der Waals surface area contributed by atoms with Crippen molar-refractivity contribution in [1.29, 1.82) is 0 Å². The molecule has 0 saturated heterocycles. The van der Waals surface area contributed by atoms with E-state index in [1.165, 1.54) is 0 Å². The fraction of sp³-hybridized carbons (Fsp3) is 0.308. The van der Waals surface area contributed by atoms with Crippen molar-refractivity contribution < 1.29 is 1.37 Å². The molecule has 3 aromatic rings. The summed E-state index contributed by atoms with van der Waals surface area (Å²) in [5, 5.41) is 3.11. The van der Waals surface area contributed by atoms with Gasteiger partial charge in [-0.15, -0.1) is 0 Å². The number of benzene rings is 3. The van der Waals surface area contributed by atoms with Gasteiger partial charge in [-0.2, -0.15) is 0 Å². The molecule has 0 atom stereocenters. The summed E-state index contributed by atoms with van der Waals surface area (Å²) in [6.45, 7) is 12.7. The van der Waals surface area contributed by atoms with Gasteiger partial charge in [-0.1, -0.05) is 86.6 Å². The fourth-order valence-corrected chi connectivity index (χ4v) is 3.25. The maximum absolute atomic E-state index is 9.57. The lowest BCUT2D eigenvalue weighted by atomic mass is 9.80. The van der Waals surface area contributed by atoms with Crippen molar-refractivity contribution in [3.8, 4) is 0 Å². The predicted molar refractivity (Wildman–Crippen MR) is 119 cm³/mol. The van der Waals surface area contributed by atoms with Crippen molar-refractivity contribution in [3.05, 3.63) is 106 Å². The molecule has 0 heterocycles. The number of hydrogen-bond acceptors (Lipinski definition) is 1. The molecule has 3 rings (SSSR count). The normalized spacial score (nSPS) is 11.4. The van der Waals surface area contributed by atoms with Crippen LogP contribution in [0.15, 0.2) is 72.8 Å². The molecule has 0 amide bonds. The molecular formula is C26H33N. The van der Waals surface area contributed by atoms with Crippen molar-refractivity contribution in [1.82, 2.24) is 5.32 Å². The molecule has 142 valence electrons. The molecule has 0 radical (unpaired) electrons. The molecule has 0 aliphatic rings. The molecule has 27 heavy (non-hydrogen) atoms. The van der Waals surface area contributed by atoms with E-state index < -0.39 is 5.89 Å². The second-order valence-corrected chi connectivity index (χ2v) is 6.78. The average Bonchev–Trinajstić information content (AvgIpc) is 2.70. The van der Waals surface area contributed by atoms with E-state index in [-0.39, 0.29) is 0 Å². The first-order valence-electron chi connectivity index (χ1n) is 10.4. The van der Waals surface area contributed by atoms with E-state index in [4.69, 9.17) is 0 Å². The highest BCUT2D eigenvalue weighted by atomic mass is 14.8. The van der Waals surface area contributed by atoms with Gasteiger partial charge in [-0.3, -0.25) is 0 Å². The highest BCUT2D eigenvalue weighted by Gasteiger charge is 2.21. The van der Waals surface area contributed by atoms with Crippen LogP contribution in [0.2, 0.25) is 0 Å². The van der Waals surface area contributed by atoms with Crippen LogP contribution in [0.1, 0.15) is 54.5 Å². The SMILES string of the molecule is CCNCC.[2H]C(c1ccccc1C)(c1ccccc1C)c1ccccc1C. The first-order valence-corrected chi connectivity index (χ1v) is 9.85. The van der Waals surface area contributed by atoms with Gasteiger partial charge >= 0.3 is 0 Å². The van der Waals surface area contributed by atoms with Crippen LogP contribution >= 0.6 is 0 Å². The minimum atomic E-state index is -0.901. The summed E-state index contributed by atoms with van der Waals surface area (Å²) >= 11 is 0. The highest BCUT2D eigenvalue weighted by Crippen LogP contribution is 2.36. The molecule has 0 aliphatic carbocycles. The van der Waals surface area contributed by atoms with Gasteiger partial charge in [-0.05, 0) is 67.2 Å². The summed E-state index contributed by atoms with van der Waals surface area (Å²) in [6, 6.07) is 24.7. The Kier molecular flexibility index (Phi) is 7.68. The molecule has 1 nitrogen and oxygen atoms in total. The monoisotopic (exact) mass is 360 g/mol. The smallest absolute Gasteiger partial charge is 0.0453 e. The van der Waals surface area contributed by atoms with E-state index in [0.29, 0.717) is 0 Å². The van der Waals surface area contributed by atoms with Crippen LogP contribution in [0, 0.1) is 20.8 Å². The fourth-order valence-electron chi connectivity index (χ4n) is 3.25. The van der Waals surface area contributed by atoms with E-state index in [1.54, 1.807) is 0 Å². The standard InChI is InChI=1S/C22H22.C4H11N/c1-16-10-4-7-13-19(16)22(20-14-8-5-11-17(20)2)21-15-9-6-12-18(21)3;1-3-5-4-2/h4-15,22H,1-3H3;5H,3-4H2,1-2H3/i22D;. The lowest BCUT2D eigenvalue weighted by Crippen LogP contribution is -2.09. The number of hydrogen-bond donors (Lipinski definition) is 1. The number of nitrogens with one attached hydrogen (secondary N) is 1. The number of aryl methyl sites for hydroxylation is 3. The lowest BCUT2D eigenvalue weighted by Gasteiger charge is -2.24. The highest BCUT2D eigenvalue weighted by molar-refractivity contribution is 5.50.